The van der Waals surface area contributed by atoms with Gasteiger partial charge in [-0.1, -0.05) is 0 Å². The highest BCUT2D eigenvalue weighted by atomic mass is 35.7. The Morgan fingerprint density at radius 2 is 2.14 bits per heavy atom. The normalized spacial score (nSPS) is 12.1. The van der Waals surface area contributed by atoms with Crippen molar-refractivity contribution in [2.45, 2.75) is 9.79 Å². The van der Waals surface area contributed by atoms with Gasteiger partial charge in [-0.2, -0.15) is 0 Å². The molecule has 0 unspecified atom stereocenters. The van der Waals surface area contributed by atoms with Crippen molar-refractivity contribution in [3.8, 4) is 0 Å². The van der Waals surface area contributed by atoms with Crippen LogP contribution in [0.25, 0.3) is 11.0 Å². The smallest absolute Gasteiger partial charge is 0.264 e. The average Bonchev–Trinajstić information content (AvgIpc) is 2.48. The van der Waals surface area contributed by atoms with E-state index in [0.29, 0.717) is 15.9 Å². The van der Waals surface area contributed by atoms with Gasteiger partial charge in [-0.3, -0.25) is 0 Å². The largest absolute Gasteiger partial charge is 0.345 e. The van der Waals surface area contributed by atoms with Crippen LogP contribution in [0, 0.1) is 0 Å². The van der Waals surface area contributed by atoms with Crippen molar-refractivity contribution >= 4 is 43.4 Å². The molecule has 0 saturated carbocycles. The second-order valence-electron chi connectivity index (χ2n) is 2.65. The SMILES string of the molecule is O=S(=O)(Cl)c1c(S)ccc2[nH]cnc12. The summed E-state index contributed by atoms with van der Waals surface area (Å²) in [6, 6.07) is 3.25. The van der Waals surface area contributed by atoms with Crippen LogP contribution in [0.5, 0.6) is 0 Å². The van der Waals surface area contributed by atoms with Gasteiger partial charge in [-0.15, -0.1) is 12.6 Å². The molecule has 0 aliphatic heterocycles. The Hall–Kier alpha value is -0.720. The molecule has 0 aliphatic carbocycles. The van der Waals surface area contributed by atoms with Gasteiger partial charge in [0.25, 0.3) is 9.05 Å². The summed E-state index contributed by atoms with van der Waals surface area (Å²) in [5.41, 5.74) is 0.925. The third-order valence-electron chi connectivity index (χ3n) is 1.77. The Labute approximate surface area is 90.1 Å². The van der Waals surface area contributed by atoms with Crippen LogP contribution in [0.15, 0.2) is 28.3 Å². The molecular formula is C7H5ClN2O2S2. The minimum atomic E-state index is -3.82. The minimum absolute atomic E-state index is 0.0544. The number of rotatable bonds is 1. The van der Waals surface area contributed by atoms with E-state index < -0.39 is 9.05 Å². The Bertz CT molecular complexity index is 591. The molecule has 1 N–H and O–H groups in total. The number of nitrogens with zero attached hydrogens (tertiary/aromatic N) is 1. The van der Waals surface area contributed by atoms with E-state index in [2.05, 4.69) is 22.6 Å². The standard InChI is InChI=1S/C7H5ClN2O2S2/c8-14(11,12)7-5(13)2-1-4-6(7)10-3-9-4/h1-3,13H,(H,9,10). The molecule has 1 aromatic heterocycles. The van der Waals surface area contributed by atoms with Gasteiger partial charge in [0.15, 0.2) is 0 Å². The maximum atomic E-state index is 11.2. The van der Waals surface area contributed by atoms with Crippen molar-refractivity contribution in [1.82, 2.24) is 9.97 Å². The zero-order valence-corrected chi connectivity index (χ0v) is 9.20. The lowest BCUT2D eigenvalue weighted by Crippen LogP contribution is -1.94. The highest BCUT2D eigenvalue weighted by Crippen LogP contribution is 2.29. The fraction of sp³-hybridized carbons (Fsp3) is 0. The summed E-state index contributed by atoms with van der Waals surface area (Å²) in [6.07, 6.45) is 1.41. The number of H-pyrrole nitrogens is 1. The van der Waals surface area contributed by atoms with Crippen LogP contribution in [-0.4, -0.2) is 18.4 Å². The molecule has 74 valence electrons. The van der Waals surface area contributed by atoms with E-state index in [1.165, 1.54) is 6.33 Å². The molecule has 4 nitrogen and oxygen atoms in total. The summed E-state index contributed by atoms with van der Waals surface area (Å²) in [6.45, 7) is 0. The first-order valence-electron chi connectivity index (χ1n) is 3.60. The molecule has 7 heteroatoms. The molecule has 0 saturated heterocycles. The molecule has 0 fully saturated rings. The van der Waals surface area contributed by atoms with Crippen LogP contribution >= 0.6 is 23.3 Å². The van der Waals surface area contributed by atoms with Crippen molar-refractivity contribution in [2.24, 2.45) is 0 Å². The Morgan fingerprint density at radius 3 is 2.79 bits per heavy atom. The number of thiol groups is 1. The summed E-state index contributed by atoms with van der Waals surface area (Å²) in [5, 5.41) is 0. The monoisotopic (exact) mass is 248 g/mol. The van der Waals surface area contributed by atoms with Gasteiger partial charge in [0.2, 0.25) is 0 Å². The summed E-state index contributed by atoms with van der Waals surface area (Å²) in [5.74, 6) is 0. The molecule has 0 amide bonds. The van der Waals surface area contributed by atoms with E-state index in [-0.39, 0.29) is 4.90 Å². The molecule has 0 atom stereocenters. The van der Waals surface area contributed by atoms with Gasteiger partial charge in [0.05, 0.1) is 11.8 Å². The van der Waals surface area contributed by atoms with Crippen LogP contribution in [0.4, 0.5) is 0 Å². The van der Waals surface area contributed by atoms with Crippen molar-refractivity contribution in [3.63, 3.8) is 0 Å². The van der Waals surface area contributed by atoms with Gasteiger partial charge in [-0.05, 0) is 12.1 Å². The second-order valence-corrected chi connectivity index (χ2v) is 5.63. The third-order valence-corrected chi connectivity index (χ3v) is 3.66. The van der Waals surface area contributed by atoms with Crippen LogP contribution in [0.3, 0.4) is 0 Å². The molecule has 0 spiro atoms. The fourth-order valence-electron chi connectivity index (χ4n) is 1.21. The van der Waals surface area contributed by atoms with Gasteiger partial charge < -0.3 is 4.98 Å². The van der Waals surface area contributed by atoms with E-state index in [4.69, 9.17) is 10.7 Å². The van der Waals surface area contributed by atoms with Crippen molar-refractivity contribution in [3.05, 3.63) is 18.5 Å². The van der Waals surface area contributed by atoms with Crippen LogP contribution in [0.1, 0.15) is 0 Å². The fourth-order valence-corrected chi connectivity index (χ4v) is 3.09. The van der Waals surface area contributed by atoms with E-state index in [0.717, 1.165) is 0 Å². The number of hydrogen-bond donors (Lipinski definition) is 2. The van der Waals surface area contributed by atoms with Crippen molar-refractivity contribution < 1.29 is 8.42 Å². The molecule has 0 radical (unpaired) electrons. The third kappa shape index (κ3) is 1.49. The number of hydrogen-bond acceptors (Lipinski definition) is 4. The van der Waals surface area contributed by atoms with Gasteiger partial charge >= 0.3 is 0 Å². The lowest BCUT2D eigenvalue weighted by Gasteiger charge is -2.00. The lowest BCUT2D eigenvalue weighted by atomic mass is 10.3. The molecule has 0 aliphatic rings. The van der Waals surface area contributed by atoms with Crippen LogP contribution in [0.2, 0.25) is 0 Å². The van der Waals surface area contributed by atoms with E-state index in [1.54, 1.807) is 12.1 Å². The van der Waals surface area contributed by atoms with Gasteiger partial charge in [0, 0.05) is 15.6 Å². The first kappa shape index (κ1) is 9.82. The molecule has 1 aromatic carbocycles. The molecule has 1 heterocycles. The average molecular weight is 249 g/mol. The zero-order valence-electron chi connectivity index (χ0n) is 6.73. The molecule has 0 bridgehead atoms. The topological polar surface area (TPSA) is 62.8 Å². The van der Waals surface area contributed by atoms with Crippen molar-refractivity contribution in [2.75, 3.05) is 0 Å². The quantitative estimate of drug-likeness (QED) is 0.597. The maximum absolute atomic E-state index is 11.2. The van der Waals surface area contributed by atoms with E-state index in [1.807, 2.05) is 0 Å². The Kier molecular flexibility index (Phi) is 2.21. The number of aromatic amines is 1. The maximum Gasteiger partial charge on any atom is 0.264 e. The predicted molar refractivity (Wildman–Crippen MR) is 56.4 cm³/mol. The van der Waals surface area contributed by atoms with E-state index >= 15 is 0 Å². The summed E-state index contributed by atoms with van der Waals surface area (Å²) in [7, 11) is 1.45. The molecular weight excluding hydrogens is 244 g/mol. The summed E-state index contributed by atoms with van der Waals surface area (Å²) >= 11 is 4.02. The van der Waals surface area contributed by atoms with Crippen molar-refractivity contribution in [1.29, 1.82) is 0 Å². The number of halogens is 1. The second kappa shape index (κ2) is 3.15. The van der Waals surface area contributed by atoms with Crippen LogP contribution < -0.4 is 0 Å². The first-order valence-corrected chi connectivity index (χ1v) is 6.35. The lowest BCUT2D eigenvalue weighted by molar-refractivity contribution is 0.608. The number of benzene rings is 1. The first-order chi connectivity index (χ1) is 6.50. The number of nitrogens with one attached hydrogen (secondary N) is 1. The van der Waals surface area contributed by atoms with Crippen LogP contribution in [-0.2, 0) is 9.05 Å². The predicted octanol–water partition coefficient (Wildman–Crippen LogP) is 1.78. The molecule has 14 heavy (non-hydrogen) atoms. The highest BCUT2D eigenvalue weighted by molar-refractivity contribution is 8.14. The number of imidazole rings is 1. The Balaban J connectivity index is 2.98. The molecule has 2 aromatic rings. The van der Waals surface area contributed by atoms with E-state index in [9.17, 15) is 8.42 Å². The number of aromatic nitrogens is 2. The van der Waals surface area contributed by atoms with Gasteiger partial charge in [-0.25, -0.2) is 13.4 Å². The zero-order chi connectivity index (χ0) is 10.3. The highest BCUT2D eigenvalue weighted by Gasteiger charge is 2.19. The summed E-state index contributed by atoms with van der Waals surface area (Å²) in [4.78, 5) is 6.91. The summed E-state index contributed by atoms with van der Waals surface area (Å²) < 4.78 is 22.5. The number of fused-ring (bicyclic) bond motifs is 1. The Morgan fingerprint density at radius 1 is 1.43 bits per heavy atom. The minimum Gasteiger partial charge on any atom is -0.345 e. The van der Waals surface area contributed by atoms with Gasteiger partial charge in [0.1, 0.15) is 10.4 Å². The molecule has 2 rings (SSSR count).